The van der Waals surface area contributed by atoms with Crippen LogP contribution in [0.25, 0.3) is 0 Å². The van der Waals surface area contributed by atoms with Crippen LogP contribution in [-0.2, 0) is 36.8 Å². The quantitative estimate of drug-likeness (QED) is 0.358. The Labute approximate surface area is 61.7 Å². The van der Waals surface area contributed by atoms with Crippen molar-refractivity contribution in [3.05, 3.63) is 0 Å². The average Bonchev–Trinajstić information content (AvgIpc) is 1.00. The van der Waals surface area contributed by atoms with Gasteiger partial charge in [-0.15, -0.1) is 0 Å². The Hall–Kier alpha value is 1.98. The Morgan fingerprint density at radius 3 is 1.25 bits per heavy atom. The van der Waals surface area contributed by atoms with Gasteiger partial charge in [0.05, 0.1) is 0 Å². The molecule has 0 amide bonds. The maximum atomic E-state index is 2.14. The Balaban J connectivity index is -0.00000000500. The standard InChI is InChI=1S/Al.Cu.H3Si.Ti.3H/h;;1H3;;;;. The first-order chi connectivity index (χ1) is 1.00. The van der Waals surface area contributed by atoms with Gasteiger partial charge in [0.15, 0.2) is 17.4 Å². The van der Waals surface area contributed by atoms with Crippen LogP contribution in [0, 0.1) is 0 Å². The summed E-state index contributed by atoms with van der Waals surface area (Å²) in [5, 5.41) is 0. The van der Waals surface area contributed by atoms with Gasteiger partial charge in [-0.05, 0) is 0 Å². The van der Waals surface area contributed by atoms with Crippen molar-refractivity contribution >= 4 is 25.5 Å². The molecule has 0 bridgehead atoms. The molecule has 0 unspecified atom stereocenters. The second kappa shape index (κ2) is 20.1. The molecule has 0 nitrogen and oxygen atoms in total. The minimum atomic E-state index is 0. The van der Waals surface area contributed by atoms with Crippen molar-refractivity contribution < 1.29 is 36.8 Å². The van der Waals surface area contributed by atoms with E-state index in [9.17, 15) is 0 Å². The third-order valence-electron chi connectivity index (χ3n) is 0. The summed E-state index contributed by atoms with van der Waals surface area (Å²) in [6.45, 7) is 0. The molecule has 0 heterocycles. The molecule has 0 aliphatic heterocycles. The van der Waals surface area contributed by atoms with Crippen LogP contribution in [0.15, 0.2) is 0 Å². The number of hydrogen-bond acceptors (Lipinski definition) is 0. The monoisotopic (exact) mass is 172 g/mol. The third kappa shape index (κ3) is 9.01. The van der Waals surface area contributed by atoms with Gasteiger partial charge in [0.25, 0.3) is 0 Å². The van der Waals surface area contributed by atoms with Gasteiger partial charge >= 0.3 is 27.8 Å². The molecular weight excluding hydrogens is 166 g/mol. The van der Waals surface area contributed by atoms with Crippen LogP contribution in [-0.4, -0.2) is 25.5 Å². The average molecular weight is 173 g/mol. The van der Waals surface area contributed by atoms with E-state index >= 15 is 0 Å². The molecule has 28 valence electrons. The fourth-order valence-electron chi connectivity index (χ4n) is 0. The minimum absolute atomic E-state index is 0. The van der Waals surface area contributed by atoms with Crippen molar-refractivity contribution in [2.45, 2.75) is 0 Å². The summed E-state index contributed by atoms with van der Waals surface area (Å²) < 4.78 is 0. The van der Waals surface area contributed by atoms with Crippen molar-refractivity contribution in [2.75, 3.05) is 0 Å². The van der Waals surface area contributed by atoms with Crippen LogP contribution in [0.2, 0.25) is 0 Å². The zero-order valence-corrected chi connectivity index (χ0v) is 6.30. The summed E-state index contributed by atoms with van der Waals surface area (Å²) in [7, 11) is 1.31. The molecule has 0 aromatic rings. The molecular formula is H6AlCuSiTi. The van der Waals surface area contributed by atoms with E-state index in [1.165, 1.54) is 8.11 Å². The molecule has 0 aromatic carbocycles. The van der Waals surface area contributed by atoms with E-state index in [1.54, 1.807) is 0 Å². The zero-order valence-electron chi connectivity index (χ0n) is 1.80. The van der Waals surface area contributed by atoms with Gasteiger partial charge in [-0.2, -0.15) is 0 Å². The molecule has 0 aliphatic rings. The van der Waals surface area contributed by atoms with Gasteiger partial charge < -0.3 is 0 Å². The predicted octanol–water partition coefficient (Wildman–Crippen LogP) is -2.37. The van der Waals surface area contributed by atoms with Crippen molar-refractivity contribution in [1.29, 1.82) is 0 Å². The molecule has 0 atom stereocenters. The second-order valence-electron chi connectivity index (χ2n) is 0. The summed E-state index contributed by atoms with van der Waals surface area (Å²) in [5.41, 5.74) is 0. The topological polar surface area (TPSA) is 0 Å². The van der Waals surface area contributed by atoms with Crippen molar-refractivity contribution in [3.63, 3.8) is 0 Å². The van der Waals surface area contributed by atoms with Gasteiger partial charge in [-0.3, -0.25) is 0 Å². The molecule has 0 N–H and O–H groups in total. The summed E-state index contributed by atoms with van der Waals surface area (Å²) in [4.78, 5) is 0. The molecule has 0 aliphatic carbocycles. The van der Waals surface area contributed by atoms with Crippen LogP contribution in [0.1, 0.15) is 0 Å². The number of rotatable bonds is 0. The van der Waals surface area contributed by atoms with Gasteiger partial charge in [-0.25, -0.2) is 0 Å². The zero-order chi connectivity index (χ0) is 2.00. The third-order valence-corrected chi connectivity index (χ3v) is 0. The Bertz CT molecular complexity index is 8.00. The van der Waals surface area contributed by atoms with Crippen molar-refractivity contribution in [1.82, 2.24) is 0 Å². The summed E-state index contributed by atoms with van der Waals surface area (Å²) in [6.07, 6.45) is 0. The molecule has 0 spiro atoms. The van der Waals surface area contributed by atoms with Crippen molar-refractivity contribution in [3.8, 4) is 0 Å². The molecule has 1 radical (unpaired) electrons. The van der Waals surface area contributed by atoms with E-state index in [4.69, 9.17) is 0 Å². The molecule has 0 rings (SSSR count). The van der Waals surface area contributed by atoms with Gasteiger partial charge in [0.1, 0.15) is 0 Å². The van der Waals surface area contributed by atoms with Crippen LogP contribution >= 0.6 is 0 Å². The van der Waals surface area contributed by atoms with Crippen molar-refractivity contribution in [2.24, 2.45) is 0 Å². The molecule has 0 aromatic heterocycles. The molecule has 0 saturated carbocycles. The Kier molecular flexibility index (Phi) is 83.9. The summed E-state index contributed by atoms with van der Waals surface area (Å²) in [6, 6.07) is 0. The van der Waals surface area contributed by atoms with E-state index < -0.39 is 0 Å². The summed E-state index contributed by atoms with van der Waals surface area (Å²) in [5.74, 6) is 0. The molecule has 4 heavy (non-hydrogen) atoms. The molecule has 0 saturated heterocycles. The van der Waals surface area contributed by atoms with E-state index in [0.29, 0.717) is 0 Å². The fraction of sp³-hybridized carbons (Fsp3) is 0. The van der Waals surface area contributed by atoms with E-state index in [2.05, 4.69) is 19.7 Å². The van der Waals surface area contributed by atoms with Crippen LogP contribution in [0.3, 0.4) is 0 Å². The van der Waals surface area contributed by atoms with Gasteiger partial charge in [0.2, 0.25) is 0 Å². The van der Waals surface area contributed by atoms with Crippen LogP contribution < -0.4 is 0 Å². The van der Waals surface area contributed by atoms with Crippen LogP contribution in [0.4, 0.5) is 0 Å². The molecule has 0 fully saturated rings. The Morgan fingerprint density at radius 1 is 1.25 bits per heavy atom. The molecule has 4 heteroatoms. The van der Waals surface area contributed by atoms with Crippen LogP contribution in [0.5, 0.6) is 0 Å². The van der Waals surface area contributed by atoms with E-state index in [1.807, 2.05) is 0 Å². The predicted molar refractivity (Wildman–Crippen MR) is 19.9 cm³/mol. The van der Waals surface area contributed by atoms with Gasteiger partial charge in [0, 0.05) is 17.1 Å². The first-order valence-corrected chi connectivity index (χ1v) is 6.18. The first-order valence-electron chi connectivity index (χ1n) is 0.500. The second-order valence-corrected chi connectivity index (χ2v) is 0. The normalized spacial score (nSPS) is 1.75. The van der Waals surface area contributed by atoms with E-state index in [-0.39, 0.29) is 34.4 Å². The summed E-state index contributed by atoms with van der Waals surface area (Å²) >= 11 is 2.14. The SMILES string of the molecule is [AlH3].[Cu].[SiH3][Ti]. The van der Waals surface area contributed by atoms with Gasteiger partial charge in [-0.1, -0.05) is 0 Å². The Morgan fingerprint density at radius 2 is 1.25 bits per heavy atom. The first kappa shape index (κ1) is 16.7. The number of hydrogen-bond donors (Lipinski definition) is 0. The van der Waals surface area contributed by atoms with E-state index in [0.717, 1.165) is 0 Å². The maximum absolute atomic E-state index is 2.14. The fourth-order valence-corrected chi connectivity index (χ4v) is 0.